The van der Waals surface area contributed by atoms with E-state index in [4.69, 9.17) is 14.2 Å². The van der Waals surface area contributed by atoms with Crippen molar-refractivity contribution in [2.75, 3.05) is 11.5 Å². The summed E-state index contributed by atoms with van der Waals surface area (Å²) in [5, 5.41) is 0. The molecule has 2 aromatic rings. The summed E-state index contributed by atoms with van der Waals surface area (Å²) in [6.07, 6.45) is -4.45. The van der Waals surface area contributed by atoms with Crippen molar-refractivity contribution in [3.63, 3.8) is 0 Å². The Balaban J connectivity index is 1.36. The topological polar surface area (TPSA) is 48.0 Å². The van der Waals surface area contributed by atoms with E-state index in [2.05, 4.69) is 6.58 Å². The van der Waals surface area contributed by atoms with Gasteiger partial charge in [-0.15, -0.1) is 0 Å². The summed E-state index contributed by atoms with van der Waals surface area (Å²) in [6, 6.07) is 13.8. The third kappa shape index (κ3) is 4.75. The predicted molar refractivity (Wildman–Crippen MR) is 113 cm³/mol. The van der Waals surface area contributed by atoms with Crippen LogP contribution in [0.3, 0.4) is 0 Å². The van der Waals surface area contributed by atoms with E-state index in [0.29, 0.717) is 24.2 Å². The van der Waals surface area contributed by atoms with E-state index in [1.165, 1.54) is 0 Å². The number of cyclic esters (lactones) is 1. The van der Waals surface area contributed by atoms with Gasteiger partial charge in [-0.2, -0.15) is 13.2 Å². The van der Waals surface area contributed by atoms with Crippen molar-refractivity contribution in [3.05, 3.63) is 72.3 Å². The van der Waals surface area contributed by atoms with Crippen molar-refractivity contribution in [2.45, 2.75) is 50.3 Å². The van der Waals surface area contributed by atoms with E-state index in [9.17, 15) is 18.0 Å². The average Bonchev–Trinajstić information content (AvgIpc) is 3.11. The highest BCUT2D eigenvalue weighted by Crippen LogP contribution is 2.39. The van der Waals surface area contributed by atoms with Gasteiger partial charge in [-0.3, -0.25) is 4.90 Å². The molecule has 0 saturated carbocycles. The van der Waals surface area contributed by atoms with Crippen molar-refractivity contribution < 1.29 is 32.2 Å². The Labute approximate surface area is 184 Å². The van der Waals surface area contributed by atoms with Crippen LogP contribution >= 0.6 is 0 Å². The fourth-order valence-electron chi connectivity index (χ4n) is 4.10. The number of fused-ring (bicyclic) bond motifs is 3. The minimum atomic E-state index is -4.49. The fraction of sp³-hybridized carbons (Fsp3) is 0.375. The number of rotatable bonds is 8. The molecule has 0 aromatic heterocycles. The minimum absolute atomic E-state index is 0.0893. The molecule has 0 N–H and O–H groups in total. The average molecular weight is 447 g/mol. The highest BCUT2D eigenvalue weighted by molar-refractivity contribution is 5.92. The van der Waals surface area contributed by atoms with Crippen LogP contribution in [-0.2, 0) is 22.5 Å². The van der Waals surface area contributed by atoms with Crippen LogP contribution in [0.1, 0.15) is 24.0 Å². The number of benzene rings is 2. The van der Waals surface area contributed by atoms with E-state index in [1.807, 2.05) is 0 Å². The highest BCUT2D eigenvalue weighted by atomic mass is 19.4. The summed E-state index contributed by atoms with van der Waals surface area (Å²) < 4.78 is 56.1. The Morgan fingerprint density at radius 1 is 1.22 bits per heavy atom. The summed E-state index contributed by atoms with van der Waals surface area (Å²) in [5.74, 6) is 0.457. The normalized spacial score (nSPS) is 20.8. The van der Waals surface area contributed by atoms with Crippen molar-refractivity contribution >= 4 is 11.8 Å². The zero-order valence-electron chi connectivity index (χ0n) is 17.4. The van der Waals surface area contributed by atoms with Gasteiger partial charge in [-0.05, 0) is 48.2 Å². The van der Waals surface area contributed by atoms with Gasteiger partial charge < -0.3 is 14.2 Å². The number of hydrogen-bond donors (Lipinski definition) is 0. The monoisotopic (exact) mass is 447 g/mol. The molecule has 0 spiro atoms. The van der Waals surface area contributed by atoms with Gasteiger partial charge in [0.1, 0.15) is 11.9 Å². The van der Waals surface area contributed by atoms with Crippen LogP contribution in [0.4, 0.5) is 23.7 Å². The van der Waals surface area contributed by atoms with Crippen molar-refractivity contribution in [1.82, 2.24) is 0 Å². The van der Waals surface area contributed by atoms with Gasteiger partial charge in [-0.1, -0.05) is 36.9 Å². The summed E-state index contributed by atoms with van der Waals surface area (Å²) >= 11 is 0. The van der Waals surface area contributed by atoms with E-state index in [0.717, 1.165) is 11.3 Å². The smallest absolute Gasteiger partial charge is 0.415 e. The lowest BCUT2D eigenvalue weighted by atomic mass is 9.93. The highest BCUT2D eigenvalue weighted by Gasteiger charge is 2.44. The SMILES string of the molecule is C=CC1OC(=O)N2c3ccc(OCC[C@H](OCc4ccccc4)C(F)(F)F)cc3CCC12. The van der Waals surface area contributed by atoms with Crippen LogP contribution in [0.15, 0.2) is 61.2 Å². The molecule has 2 heterocycles. The number of hydrogen-bond acceptors (Lipinski definition) is 4. The lowest BCUT2D eigenvalue weighted by molar-refractivity contribution is -0.226. The predicted octanol–water partition coefficient (Wildman–Crippen LogP) is 5.43. The molecular weight excluding hydrogens is 423 g/mol. The first-order chi connectivity index (χ1) is 15.4. The van der Waals surface area contributed by atoms with Crippen molar-refractivity contribution in [1.29, 1.82) is 0 Å². The van der Waals surface area contributed by atoms with Crippen LogP contribution in [0.25, 0.3) is 0 Å². The number of anilines is 1. The Morgan fingerprint density at radius 3 is 2.72 bits per heavy atom. The second-order valence-electron chi connectivity index (χ2n) is 7.81. The molecule has 1 fully saturated rings. The number of carbonyl (C=O) groups excluding carboxylic acids is 1. The molecule has 0 radical (unpaired) electrons. The number of halogens is 3. The van der Waals surface area contributed by atoms with Gasteiger partial charge in [-0.25, -0.2) is 4.79 Å². The molecule has 0 bridgehead atoms. The molecular formula is C24H24F3NO4. The van der Waals surface area contributed by atoms with Gasteiger partial charge in [0.25, 0.3) is 0 Å². The molecule has 8 heteroatoms. The standard InChI is InChI=1S/C24H24F3NO4/c1-2-21-20-10-8-17-14-18(9-11-19(17)28(20)23(29)32-21)30-13-12-22(24(25,26)27)31-15-16-6-4-3-5-7-16/h2-7,9,11,14,20-22H,1,8,10,12-13,15H2/t20?,21?,22-/m0/s1. The first-order valence-electron chi connectivity index (χ1n) is 10.5. The number of aryl methyl sites for hydroxylation is 1. The van der Waals surface area contributed by atoms with Crippen molar-refractivity contribution in [2.24, 2.45) is 0 Å². The van der Waals surface area contributed by atoms with Gasteiger partial charge in [0.15, 0.2) is 6.10 Å². The first-order valence-corrected chi connectivity index (χ1v) is 10.5. The Hall–Kier alpha value is -3.00. The van der Waals surface area contributed by atoms with Gasteiger partial charge in [0.2, 0.25) is 0 Å². The van der Waals surface area contributed by atoms with Crippen LogP contribution in [0.2, 0.25) is 0 Å². The van der Waals surface area contributed by atoms with Crippen LogP contribution < -0.4 is 9.64 Å². The summed E-state index contributed by atoms with van der Waals surface area (Å²) in [6.45, 7) is 3.45. The fourth-order valence-corrected chi connectivity index (χ4v) is 4.10. The number of ether oxygens (including phenoxy) is 3. The maximum Gasteiger partial charge on any atom is 0.415 e. The molecule has 1 amide bonds. The van der Waals surface area contributed by atoms with E-state index in [1.54, 1.807) is 59.5 Å². The molecule has 2 aromatic carbocycles. The zero-order valence-corrected chi connectivity index (χ0v) is 17.4. The maximum absolute atomic E-state index is 13.4. The number of nitrogens with zero attached hydrogens (tertiary/aromatic N) is 1. The molecule has 4 rings (SSSR count). The molecule has 3 atom stereocenters. The minimum Gasteiger partial charge on any atom is -0.493 e. The van der Waals surface area contributed by atoms with E-state index < -0.39 is 18.4 Å². The summed E-state index contributed by atoms with van der Waals surface area (Å²) in [7, 11) is 0. The lowest BCUT2D eigenvalue weighted by Crippen LogP contribution is -2.39. The summed E-state index contributed by atoms with van der Waals surface area (Å²) in [5.41, 5.74) is 2.31. The third-order valence-corrected chi connectivity index (χ3v) is 5.70. The Morgan fingerprint density at radius 2 is 2.00 bits per heavy atom. The van der Waals surface area contributed by atoms with Gasteiger partial charge in [0, 0.05) is 6.42 Å². The molecule has 0 aliphatic carbocycles. The van der Waals surface area contributed by atoms with E-state index in [-0.39, 0.29) is 31.8 Å². The number of carbonyl (C=O) groups is 1. The molecule has 32 heavy (non-hydrogen) atoms. The molecule has 1 saturated heterocycles. The summed E-state index contributed by atoms with van der Waals surface area (Å²) in [4.78, 5) is 13.9. The zero-order chi connectivity index (χ0) is 22.7. The van der Waals surface area contributed by atoms with Crippen LogP contribution in [-0.4, -0.2) is 37.1 Å². The molecule has 2 aliphatic rings. The molecule has 170 valence electrons. The van der Waals surface area contributed by atoms with Gasteiger partial charge >= 0.3 is 12.3 Å². The first kappa shape index (κ1) is 22.2. The molecule has 2 aliphatic heterocycles. The maximum atomic E-state index is 13.4. The van der Waals surface area contributed by atoms with Crippen molar-refractivity contribution in [3.8, 4) is 5.75 Å². The van der Waals surface area contributed by atoms with Gasteiger partial charge in [0.05, 0.1) is 24.9 Å². The molecule has 5 nitrogen and oxygen atoms in total. The lowest BCUT2D eigenvalue weighted by Gasteiger charge is -2.30. The Bertz CT molecular complexity index is 963. The second kappa shape index (κ2) is 9.24. The largest absolute Gasteiger partial charge is 0.493 e. The quantitative estimate of drug-likeness (QED) is 0.507. The van der Waals surface area contributed by atoms with Crippen LogP contribution in [0, 0.1) is 0 Å². The molecule has 2 unspecified atom stereocenters. The third-order valence-electron chi connectivity index (χ3n) is 5.70. The second-order valence-corrected chi connectivity index (χ2v) is 7.81. The Kier molecular flexibility index (Phi) is 6.41. The number of alkyl halides is 3. The van der Waals surface area contributed by atoms with Crippen LogP contribution in [0.5, 0.6) is 5.75 Å². The van der Waals surface area contributed by atoms with E-state index >= 15 is 0 Å². The number of amides is 1.